The molecule has 0 spiro atoms. The molecule has 1 aliphatic heterocycles. The molecule has 104 valence electrons. The number of hydrogen-bond donors (Lipinski definition) is 1. The normalized spacial score (nSPS) is 20.6. The number of ether oxygens (including phenoxy) is 1. The third-order valence-corrected chi connectivity index (χ3v) is 4.25. The van der Waals surface area contributed by atoms with Crippen molar-refractivity contribution in [3.63, 3.8) is 0 Å². The minimum absolute atomic E-state index is 0.174. The lowest BCUT2D eigenvalue weighted by Gasteiger charge is -2.33. The van der Waals surface area contributed by atoms with Crippen LogP contribution in [0.3, 0.4) is 0 Å². The Kier molecular flexibility index (Phi) is 4.21. The Morgan fingerprint density at radius 3 is 2.95 bits per heavy atom. The van der Waals surface area contributed by atoms with Gasteiger partial charge in [0.2, 0.25) is 0 Å². The Hall–Kier alpha value is -1.40. The standard InChI is InChI=1S/C13H17NO4S/c1-3-18-13(16)12-10-5-4-6-11(15)9(10)7-8-14(12)19(2)17/h4-6,12,15H,3,7-8H2,1-2H3. The van der Waals surface area contributed by atoms with Gasteiger partial charge in [0.1, 0.15) is 11.8 Å². The van der Waals surface area contributed by atoms with Crippen LogP contribution in [0.2, 0.25) is 0 Å². The molecule has 0 amide bonds. The molecule has 0 radical (unpaired) electrons. The monoisotopic (exact) mass is 283 g/mol. The molecular formula is C13H17NO4S. The van der Waals surface area contributed by atoms with Crippen molar-refractivity contribution in [1.82, 2.24) is 4.31 Å². The quantitative estimate of drug-likeness (QED) is 0.845. The third kappa shape index (κ3) is 2.64. The van der Waals surface area contributed by atoms with Crippen molar-refractivity contribution < 1.29 is 18.8 Å². The fraction of sp³-hybridized carbons (Fsp3) is 0.462. The maximum atomic E-state index is 12.1. The summed E-state index contributed by atoms with van der Waals surface area (Å²) in [4.78, 5) is 12.1. The fourth-order valence-electron chi connectivity index (χ4n) is 2.37. The van der Waals surface area contributed by atoms with Crippen LogP contribution in [0.15, 0.2) is 18.2 Å². The number of nitrogens with zero attached hydrogens (tertiary/aromatic N) is 1. The summed E-state index contributed by atoms with van der Waals surface area (Å²) in [6.07, 6.45) is 2.11. The number of carbonyl (C=O) groups is 1. The first kappa shape index (κ1) is 14.0. The second kappa shape index (κ2) is 5.71. The summed E-state index contributed by atoms with van der Waals surface area (Å²) in [5.74, 6) is -0.252. The number of carbonyl (C=O) groups excluding carboxylic acids is 1. The first-order chi connectivity index (χ1) is 9.06. The Morgan fingerprint density at radius 2 is 2.32 bits per heavy atom. The first-order valence-electron chi connectivity index (χ1n) is 6.13. The van der Waals surface area contributed by atoms with Crippen molar-refractivity contribution in [2.45, 2.75) is 19.4 Å². The summed E-state index contributed by atoms with van der Waals surface area (Å²) in [5, 5.41) is 9.86. The predicted molar refractivity (Wildman–Crippen MR) is 72.0 cm³/mol. The summed E-state index contributed by atoms with van der Waals surface area (Å²) in [6, 6.07) is 4.35. The van der Waals surface area contributed by atoms with Crippen molar-refractivity contribution in [2.75, 3.05) is 19.4 Å². The van der Waals surface area contributed by atoms with Gasteiger partial charge in [0.25, 0.3) is 0 Å². The highest BCUT2D eigenvalue weighted by atomic mass is 32.2. The third-order valence-electron chi connectivity index (χ3n) is 3.19. The molecular weight excluding hydrogens is 266 g/mol. The largest absolute Gasteiger partial charge is 0.508 e. The molecule has 1 aromatic carbocycles. The lowest BCUT2D eigenvalue weighted by molar-refractivity contribution is -0.148. The molecule has 0 aliphatic carbocycles. The highest BCUT2D eigenvalue weighted by Gasteiger charge is 2.37. The molecule has 2 rings (SSSR count). The van der Waals surface area contributed by atoms with Crippen LogP contribution in [0.25, 0.3) is 0 Å². The lowest BCUT2D eigenvalue weighted by Crippen LogP contribution is -2.41. The Morgan fingerprint density at radius 1 is 1.58 bits per heavy atom. The van der Waals surface area contributed by atoms with Gasteiger partial charge >= 0.3 is 5.97 Å². The molecule has 2 unspecified atom stereocenters. The molecule has 1 aromatic rings. The molecule has 1 heterocycles. The Bertz CT molecular complexity index is 517. The molecule has 0 bridgehead atoms. The summed E-state index contributed by atoms with van der Waals surface area (Å²) in [6.45, 7) is 2.46. The number of aromatic hydroxyl groups is 1. The number of hydrogen-bond acceptors (Lipinski definition) is 4. The van der Waals surface area contributed by atoms with Gasteiger partial charge < -0.3 is 9.84 Å². The van der Waals surface area contributed by atoms with Crippen LogP contribution in [0, 0.1) is 0 Å². The van der Waals surface area contributed by atoms with E-state index in [1.165, 1.54) is 0 Å². The van der Waals surface area contributed by atoms with Crippen LogP contribution in [0.1, 0.15) is 24.1 Å². The van der Waals surface area contributed by atoms with E-state index in [1.807, 2.05) is 0 Å². The van der Waals surface area contributed by atoms with Crippen molar-refractivity contribution in [3.05, 3.63) is 29.3 Å². The van der Waals surface area contributed by atoms with Crippen LogP contribution in [-0.4, -0.2) is 39.0 Å². The second-order valence-corrected chi connectivity index (χ2v) is 5.63. The van der Waals surface area contributed by atoms with Gasteiger partial charge in [-0.1, -0.05) is 12.1 Å². The van der Waals surface area contributed by atoms with E-state index in [9.17, 15) is 14.1 Å². The molecule has 5 nitrogen and oxygen atoms in total. The van der Waals surface area contributed by atoms with Gasteiger partial charge in [0.05, 0.1) is 17.6 Å². The average molecular weight is 283 g/mol. The van der Waals surface area contributed by atoms with Gasteiger partial charge in [-0.3, -0.25) is 0 Å². The van der Waals surface area contributed by atoms with Crippen LogP contribution in [-0.2, 0) is 26.9 Å². The zero-order chi connectivity index (χ0) is 14.0. The highest BCUT2D eigenvalue weighted by molar-refractivity contribution is 7.81. The second-order valence-electron chi connectivity index (χ2n) is 4.31. The number of esters is 1. The maximum Gasteiger partial charge on any atom is 0.328 e. The van der Waals surface area contributed by atoms with E-state index in [0.717, 1.165) is 5.56 Å². The molecule has 0 aromatic heterocycles. The van der Waals surface area contributed by atoms with E-state index in [4.69, 9.17) is 4.74 Å². The highest BCUT2D eigenvalue weighted by Crippen LogP contribution is 2.35. The zero-order valence-electron chi connectivity index (χ0n) is 11.0. The van der Waals surface area contributed by atoms with Crippen LogP contribution in [0.4, 0.5) is 0 Å². The van der Waals surface area contributed by atoms with Gasteiger partial charge in [-0.2, -0.15) is 0 Å². The number of phenolic OH excluding ortho intramolecular Hbond substituents is 1. The topological polar surface area (TPSA) is 66.8 Å². The van der Waals surface area contributed by atoms with E-state index in [2.05, 4.69) is 0 Å². The van der Waals surface area contributed by atoms with Gasteiger partial charge in [-0.15, -0.1) is 0 Å². The predicted octanol–water partition coefficient (Wildman–Crippen LogP) is 1.15. The summed E-state index contributed by atoms with van der Waals surface area (Å²) >= 11 is 0. The Labute approximate surface area is 114 Å². The zero-order valence-corrected chi connectivity index (χ0v) is 11.8. The van der Waals surface area contributed by atoms with E-state index >= 15 is 0 Å². The fourth-order valence-corrected chi connectivity index (χ4v) is 3.21. The molecule has 0 saturated heterocycles. The summed E-state index contributed by atoms with van der Waals surface area (Å²) in [5.41, 5.74) is 1.42. The van der Waals surface area contributed by atoms with Crippen molar-refractivity contribution >= 4 is 17.0 Å². The van der Waals surface area contributed by atoms with Crippen LogP contribution >= 0.6 is 0 Å². The molecule has 19 heavy (non-hydrogen) atoms. The van der Waals surface area contributed by atoms with Crippen molar-refractivity contribution in [1.29, 1.82) is 0 Å². The average Bonchev–Trinajstić information content (AvgIpc) is 2.38. The maximum absolute atomic E-state index is 12.1. The van der Waals surface area contributed by atoms with E-state index < -0.39 is 23.0 Å². The van der Waals surface area contributed by atoms with Gasteiger partial charge in [-0.25, -0.2) is 13.3 Å². The minimum atomic E-state index is -1.27. The molecule has 0 fully saturated rings. The van der Waals surface area contributed by atoms with Crippen LogP contribution < -0.4 is 0 Å². The van der Waals surface area contributed by atoms with E-state index in [-0.39, 0.29) is 12.4 Å². The van der Waals surface area contributed by atoms with Gasteiger partial charge in [0, 0.05) is 18.4 Å². The molecule has 1 aliphatic rings. The van der Waals surface area contributed by atoms with Gasteiger partial charge in [0.15, 0.2) is 0 Å². The molecule has 6 heteroatoms. The number of fused-ring (bicyclic) bond motifs is 1. The molecule has 2 atom stereocenters. The number of phenols is 1. The smallest absolute Gasteiger partial charge is 0.328 e. The first-order valence-corrected chi connectivity index (χ1v) is 7.65. The van der Waals surface area contributed by atoms with Crippen molar-refractivity contribution in [2.24, 2.45) is 0 Å². The molecule has 0 saturated carbocycles. The van der Waals surface area contributed by atoms with Gasteiger partial charge in [-0.05, 0) is 25.0 Å². The lowest BCUT2D eigenvalue weighted by atomic mass is 9.93. The summed E-state index contributed by atoms with van der Waals surface area (Å²) < 4.78 is 18.4. The van der Waals surface area contributed by atoms with E-state index in [0.29, 0.717) is 18.5 Å². The number of benzene rings is 1. The minimum Gasteiger partial charge on any atom is -0.508 e. The van der Waals surface area contributed by atoms with E-state index in [1.54, 1.807) is 35.7 Å². The summed E-state index contributed by atoms with van der Waals surface area (Å²) in [7, 11) is -1.27. The van der Waals surface area contributed by atoms with Crippen molar-refractivity contribution in [3.8, 4) is 5.75 Å². The van der Waals surface area contributed by atoms with Crippen LogP contribution in [0.5, 0.6) is 5.75 Å². The SMILES string of the molecule is CCOC(=O)C1c2cccc(O)c2CCN1S(C)=O. The number of rotatable bonds is 3. The molecule has 1 N–H and O–H groups in total. The Balaban J connectivity index is 2.47.